The van der Waals surface area contributed by atoms with Crippen molar-refractivity contribution >= 4 is 11.6 Å². The van der Waals surface area contributed by atoms with Crippen LogP contribution in [0.3, 0.4) is 0 Å². The van der Waals surface area contributed by atoms with Crippen molar-refractivity contribution in [2.45, 2.75) is 26.9 Å². The third kappa shape index (κ3) is 4.37. The van der Waals surface area contributed by atoms with Crippen LogP contribution in [0, 0.1) is 5.92 Å². The Morgan fingerprint density at radius 1 is 1.37 bits per heavy atom. The van der Waals surface area contributed by atoms with Crippen molar-refractivity contribution in [3.05, 3.63) is 53.1 Å². The van der Waals surface area contributed by atoms with Crippen LogP contribution in [-0.2, 0) is 13.1 Å². The largest absolute Gasteiger partial charge is 0.350 e. The van der Waals surface area contributed by atoms with Gasteiger partial charge in [0.05, 0.1) is 5.02 Å². The number of pyridine rings is 1. The fourth-order valence-corrected chi connectivity index (χ4v) is 2.11. The van der Waals surface area contributed by atoms with Crippen LogP contribution in [0.15, 0.2) is 36.9 Å². The molecule has 2 aromatic rings. The maximum Gasteiger partial charge on any atom is 0.0639 e. The molecule has 1 N–H and O–H groups in total. The van der Waals surface area contributed by atoms with E-state index >= 15 is 0 Å². The molecule has 0 fully saturated rings. The number of aromatic nitrogens is 2. The van der Waals surface area contributed by atoms with Crippen molar-refractivity contribution in [1.29, 1.82) is 0 Å². The summed E-state index contributed by atoms with van der Waals surface area (Å²) < 4.78 is 2.15. The molecule has 0 saturated carbocycles. The summed E-state index contributed by atoms with van der Waals surface area (Å²) in [5.41, 5.74) is 2.39. The van der Waals surface area contributed by atoms with E-state index in [-0.39, 0.29) is 0 Å². The Morgan fingerprint density at radius 3 is 2.95 bits per heavy atom. The highest BCUT2D eigenvalue weighted by molar-refractivity contribution is 6.31. The molecule has 0 bridgehead atoms. The molecule has 3 nitrogen and oxygen atoms in total. The summed E-state index contributed by atoms with van der Waals surface area (Å²) in [6, 6.07) is 4.10. The lowest BCUT2D eigenvalue weighted by Gasteiger charge is -2.06. The van der Waals surface area contributed by atoms with Crippen LogP contribution < -0.4 is 5.32 Å². The van der Waals surface area contributed by atoms with E-state index in [1.807, 2.05) is 6.07 Å². The molecule has 102 valence electrons. The number of nitrogens with one attached hydrogen (secondary N) is 1. The molecule has 4 heteroatoms. The van der Waals surface area contributed by atoms with Gasteiger partial charge in [0, 0.05) is 37.9 Å². The van der Waals surface area contributed by atoms with Gasteiger partial charge in [-0.15, -0.1) is 0 Å². The van der Waals surface area contributed by atoms with E-state index in [1.165, 1.54) is 5.56 Å². The van der Waals surface area contributed by atoms with Gasteiger partial charge in [-0.3, -0.25) is 4.98 Å². The molecule has 0 aliphatic heterocycles. The van der Waals surface area contributed by atoms with Crippen LogP contribution in [-0.4, -0.2) is 16.1 Å². The van der Waals surface area contributed by atoms with Gasteiger partial charge in [-0.25, -0.2) is 0 Å². The summed E-state index contributed by atoms with van der Waals surface area (Å²) >= 11 is 6.11. The standard InChI is InChI=1S/C15H20ClN3/c1-12(2)7-18-8-13-4-6-19(10-13)11-14-3-5-17-9-15(14)16/h3-6,9-10,12,18H,7-8,11H2,1-2H3. The molecule has 0 amide bonds. The zero-order chi connectivity index (χ0) is 13.7. The average molecular weight is 278 g/mol. The van der Waals surface area contributed by atoms with Crippen molar-refractivity contribution in [3.8, 4) is 0 Å². The SMILES string of the molecule is CC(C)CNCc1ccn(Cc2ccncc2Cl)c1. The Kier molecular flexibility index (Phi) is 5.00. The predicted molar refractivity (Wildman–Crippen MR) is 79.3 cm³/mol. The minimum atomic E-state index is 0.678. The highest BCUT2D eigenvalue weighted by Crippen LogP contribution is 2.15. The quantitative estimate of drug-likeness (QED) is 0.878. The molecule has 0 unspecified atom stereocenters. The average Bonchev–Trinajstić information content (AvgIpc) is 2.79. The van der Waals surface area contributed by atoms with Crippen molar-refractivity contribution in [1.82, 2.24) is 14.9 Å². The second-order valence-corrected chi connectivity index (χ2v) is 5.59. The number of hydrogen-bond donors (Lipinski definition) is 1. The zero-order valence-corrected chi connectivity index (χ0v) is 12.2. The Hall–Kier alpha value is -1.32. The number of nitrogens with zero attached hydrogens (tertiary/aromatic N) is 2. The molecule has 0 atom stereocenters. The van der Waals surface area contributed by atoms with E-state index in [4.69, 9.17) is 11.6 Å². The molecule has 2 aromatic heterocycles. The summed E-state index contributed by atoms with van der Waals surface area (Å²) in [4.78, 5) is 4.00. The van der Waals surface area contributed by atoms with E-state index in [2.05, 4.69) is 47.2 Å². The Balaban J connectivity index is 1.92. The van der Waals surface area contributed by atoms with Crippen molar-refractivity contribution < 1.29 is 0 Å². The lowest BCUT2D eigenvalue weighted by molar-refractivity contribution is 0.552. The number of rotatable bonds is 6. The Labute approximate surface area is 119 Å². The Morgan fingerprint density at radius 2 is 2.21 bits per heavy atom. The van der Waals surface area contributed by atoms with E-state index < -0.39 is 0 Å². The van der Waals surface area contributed by atoms with Crippen molar-refractivity contribution in [2.24, 2.45) is 5.92 Å². The summed E-state index contributed by atoms with van der Waals surface area (Å²) in [5.74, 6) is 0.678. The van der Waals surface area contributed by atoms with Crippen LogP contribution in [0.4, 0.5) is 0 Å². The van der Waals surface area contributed by atoms with Crippen LogP contribution >= 0.6 is 11.6 Å². The van der Waals surface area contributed by atoms with Gasteiger partial charge in [0.2, 0.25) is 0 Å². The van der Waals surface area contributed by atoms with E-state index in [9.17, 15) is 0 Å². The number of halogens is 1. The molecule has 2 rings (SSSR count). The van der Waals surface area contributed by atoms with E-state index in [1.54, 1.807) is 12.4 Å². The van der Waals surface area contributed by atoms with Gasteiger partial charge < -0.3 is 9.88 Å². The van der Waals surface area contributed by atoms with E-state index in [0.29, 0.717) is 5.92 Å². The normalized spacial score (nSPS) is 11.2. The molecule has 0 aliphatic carbocycles. The molecular weight excluding hydrogens is 258 g/mol. The van der Waals surface area contributed by atoms with Crippen LogP contribution in [0.2, 0.25) is 5.02 Å². The maximum atomic E-state index is 6.11. The molecule has 0 aromatic carbocycles. The molecule has 0 spiro atoms. The zero-order valence-electron chi connectivity index (χ0n) is 11.4. The first-order chi connectivity index (χ1) is 9.15. The molecule has 2 heterocycles. The number of hydrogen-bond acceptors (Lipinski definition) is 2. The summed E-state index contributed by atoms with van der Waals surface area (Å²) in [7, 11) is 0. The van der Waals surface area contributed by atoms with Gasteiger partial charge in [-0.05, 0) is 35.7 Å². The minimum absolute atomic E-state index is 0.678. The van der Waals surface area contributed by atoms with Gasteiger partial charge in [-0.2, -0.15) is 0 Å². The van der Waals surface area contributed by atoms with Crippen LogP contribution in [0.1, 0.15) is 25.0 Å². The molecule has 0 radical (unpaired) electrons. The molecular formula is C15H20ClN3. The maximum absolute atomic E-state index is 6.11. The third-order valence-electron chi connectivity index (χ3n) is 2.90. The second kappa shape index (κ2) is 6.73. The highest BCUT2D eigenvalue weighted by Gasteiger charge is 2.02. The predicted octanol–water partition coefficient (Wildman–Crippen LogP) is 3.33. The van der Waals surface area contributed by atoms with Gasteiger partial charge in [0.25, 0.3) is 0 Å². The first-order valence-corrected chi connectivity index (χ1v) is 6.96. The second-order valence-electron chi connectivity index (χ2n) is 5.18. The molecule has 0 saturated heterocycles. The summed E-state index contributed by atoms with van der Waals surface area (Å²) in [5, 5.41) is 4.16. The van der Waals surface area contributed by atoms with Crippen molar-refractivity contribution in [2.75, 3.05) is 6.54 Å². The lowest BCUT2D eigenvalue weighted by atomic mass is 10.2. The highest BCUT2D eigenvalue weighted by atomic mass is 35.5. The molecule has 0 aliphatic rings. The first-order valence-electron chi connectivity index (χ1n) is 6.59. The van der Waals surface area contributed by atoms with Crippen LogP contribution in [0.5, 0.6) is 0 Å². The summed E-state index contributed by atoms with van der Waals surface area (Å²) in [6.45, 7) is 7.16. The fraction of sp³-hybridized carbons (Fsp3) is 0.400. The van der Waals surface area contributed by atoms with Gasteiger partial charge >= 0.3 is 0 Å². The van der Waals surface area contributed by atoms with E-state index in [0.717, 1.165) is 30.2 Å². The lowest BCUT2D eigenvalue weighted by Crippen LogP contribution is -2.18. The van der Waals surface area contributed by atoms with Gasteiger partial charge in [0.15, 0.2) is 0 Å². The monoisotopic (exact) mass is 277 g/mol. The van der Waals surface area contributed by atoms with Gasteiger partial charge in [-0.1, -0.05) is 25.4 Å². The first kappa shape index (κ1) is 14.1. The minimum Gasteiger partial charge on any atom is -0.350 e. The van der Waals surface area contributed by atoms with Crippen LogP contribution in [0.25, 0.3) is 0 Å². The smallest absolute Gasteiger partial charge is 0.0639 e. The Bertz CT molecular complexity index is 520. The fourth-order valence-electron chi connectivity index (χ4n) is 1.93. The molecule has 19 heavy (non-hydrogen) atoms. The third-order valence-corrected chi connectivity index (χ3v) is 3.24. The topological polar surface area (TPSA) is 29.9 Å². The van der Waals surface area contributed by atoms with Crippen molar-refractivity contribution in [3.63, 3.8) is 0 Å². The summed E-state index contributed by atoms with van der Waals surface area (Å²) in [6.07, 6.45) is 7.70. The van der Waals surface area contributed by atoms with Gasteiger partial charge in [0.1, 0.15) is 0 Å².